The summed E-state index contributed by atoms with van der Waals surface area (Å²) in [5, 5.41) is 8.76. The van der Waals surface area contributed by atoms with Crippen molar-refractivity contribution in [2.75, 3.05) is 0 Å². The van der Waals surface area contributed by atoms with Crippen LogP contribution in [0.4, 0.5) is 0 Å². The normalized spacial score (nSPS) is 48.4. The average molecular weight is 384 g/mol. The molecule has 8 atom stereocenters. The van der Waals surface area contributed by atoms with Gasteiger partial charge in [-0.3, -0.25) is 9.59 Å². The Morgan fingerprint density at radius 1 is 1.11 bits per heavy atom. The lowest BCUT2D eigenvalue weighted by atomic mass is 9.58. The highest BCUT2D eigenvalue weighted by atomic mass is 17.3. The predicted octanol–water partition coefficient (Wildman–Crippen LogP) is 2.60. The fourth-order valence-corrected chi connectivity index (χ4v) is 5.40. The molecule has 0 aromatic heterocycles. The van der Waals surface area contributed by atoms with E-state index in [9.17, 15) is 9.59 Å². The van der Waals surface area contributed by atoms with E-state index in [2.05, 4.69) is 6.92 Å². The molecule has 4 unspecified atom stereocenters. The molecule has 1 aliphatic carbocycles. The van der Waals surface area contributed by atoms with Crippen molar-refractivity contribution < 1.29 is 38.7 Å². The Kier molecular flexibility index (Phi) is 4.73. The highest BCUT2D eigenvalue weighted by molar-refractivity contribution is 5.76. The molecule has 5 aliphatic rings. The van der Waals surface area contributed by atoms with Crippen LogP contribution in [-0.2, 0) is 33.6 Å². The number of hydrogen-bond acceptors (Lipinski definition) is 7. The second-order valence-electron chi connectivity index (χ2n) is 8.66. The standard InChI is InChI=1S/C19H28O8/c1-10-4-5-13-11(2)16(23-15(22)7-6-14(20)21)24-17-19(13)12(10)8-9-18(3,25-17)26-27-19/h10-13,16-17H,4-9H2,1-3H3,(H,20,21)/t10-,11-,12?,13?,16+,17?,18?,19-/m1/s1. The van der Waals surface area contributed by atoms with Crippen LogP contribution in [0.3, 0.4) is 0 Å². The number of fused-ring (bicyclic) bond motifs is 2. The van der Waals surface area contributed by atoms with Crippen LogP contribution in [0.2, 0.25) is 0 Å². The Bertz CT molecular complexity index is 623. The Morgan fingerprint density at radius 3 is 2.63 bits per heavy atom. The van der Waals surface area contributed by atoms with Gasteiger partial charge >= 0.3 is 11.9 Å². The summed E-state index contributed by atoms with van der Waals surface area (Å²) in [6, 6.07) is 0. The number of ether oxygens (including phenoxy) is 3. The van der Waals surface area contributed by atoms with Gasteiger partial charge in [-0.15, -0.1) is 0 Å². The zero-order valence-electron chi connectivity index (χ0n) is 16.0. The van der Waals surface area contributed by atoms with Crippen molar-refractivity contribution in [1.29, 1.82) is 0 Å². The summed E-state index contributed by atoms with van der Waals surface area (Å²) in [5.41, 5.74) is -0.697. The van der Waals surface area contributed by atoms with Gasteiger partial charge in [-0.1, -0.05) is 13.8 Å². The summed E-state index contributed by atoms with van der Waals surface area (Å²) in [7, 11) is 0. The second-order valence-corrected chi connectivity index (χ2v) is 8.66. The van der Waals surface area contributed by atoms with E-state index >= 15 is 0 Å². The number of esters is 1. The zero-order valence-corrected chi connectivity index (χ0v) is 16.0. The molecule has 0 amide bonds. The van der Waals surface area contributed by atoms with Crippen LogP contribution in [0.5, 0.6) is 0 Å². The lowest BCUT2D eigenvalue weighted by molar-refractivity contribution is -0.576. The van der Waals surface area contributed by atoms with Crippen LogP contribution < -0.4 is 0 Å². The molecule has 27 heavy (non-hydrogen) atoms. The van der Waals surface area contributed by atoms with E-state index < -0.39 is 35.9 Å². The predicted molar refractivity (Wildman–Crippen MR) is 89.8 cm³/mol. The molecular weight excluding hydrogens is 356 g/mol. The highest BCUT2D eigenvalue weighted by Crippen LogP contribution is 2.60. The van der Waals surface area contributed by atoms with Crippen molar-refractivity contribution in [2.45, 2.75) is 83.3 Å². The van der Waals surface area contributed by atoms with Crippen molar-refractivity contribution >= 4 is 11.9 Å². The Hall–Kier alpha value is -1.22. The number of carbonyl (C=O) groups excluding carboxylic acids is 1. The third-order valence-electron chi connectivity index (χ3n) is 6.89. The van der Waals surface area contributed by atoms with Gasteiger partial charge in [0, 0.05) is 18.3 Å². The fraction of sp³-hybridized carbons (Fsp3) is 0.895. The number of carbonyl (C=O) groups is 2. The lowest BCUT2D eigenvalue weighted by Gasteiger charge is -2.59. The minimum absolute atomic E-state index is 0.0670. The topological polar surface area (TPSA) is 101 Å². The number of aliphatic carboxylic acids is 1. The van der Waals surface area contributed by atoms with Gasteiger partial charge in [-0.05, 0) is 38.0 Å². The van der Waals surface area contributed by atoms with E-state index in [1.165, 1.54) is 0 Å². The van der Waals surface area contributed by atoms with Gasteiger partial charge in [0.25, 0.3) is 0 Å². The molecule has 0 radical (unpaired) electrons. The highest BCUT2D eigenvalue weighted by Gasteiger charge is 2.69. The van der Waals surface area contributed by atoms with Crippen LogP contribution in [-0.4, -0.2) is 41.0 Å². The van der Waals surface area contributed by atoms with Gasteiger partial charge in [0.05, 0.1) is 12.8 Å². The van der Waals surface area contributed by atoms with Crippen molar-refractivity contribution in [2.24, 2.45) is 23.7 Å². The maximum atomic E-state index is 12.1. The molecule has 1 N–H and O–H groups in total. The van der Waals surface area contributed by atoms with Crippen LogP contribution in [0.15, 0.2) is 0 Å². The molecule has 5 fully saturated rings. The molecule has 1 spiro atoms. The molecule has 2 bridgehead atoms. The molecule has 4 saturated heterocycles. The maximum absolute atomic E-state index is 12.1. The first-order valence-corrected chi connectivity index (χ1v) is 9.86. The molecule has 152 valence electrons. The molecule has 4 heterocycles. The summed E-state index contributed by atoms with van der Waals surface area (Å²) in [6.07, 6.45) is 1.72. The van der Waals surface area contributed by atoms with Gasteiger partial charge in [0.15, 0.2) is 11.9 Å². The van der Waals surface area contributed by atoms with Crippen molar-refractivity contribution in [3.8, 4) is 0 Å². The summed E-state index contributed by atoms with van der Waals surface area (Å²) in [4.78, 5) is 34.5. The quantitative estimate of drug-likeness (QED) is 0.583. The van der Waals surface area contributed by atoms with E-state index in [4.69, 9.17) is 29.1 Å². The van der Waals surface area contributed by atoms with Gasteiger partial charge < -0.3 is 19.3 Å². The number of carboxylic acids is 1. The van der Waals surface area contributed by atoms with Crippen molar-refractivity contribution in [3.05, 3.63) is 0 Å². The smallest absolute Gasteiger partial charge is 0.308 e. The second kappa shape index (κ2) is 6.69. The minimum atomic E-state index is -1.03. The number of hydrogen-bond donors (Lipinski definition) is 1. The monoisotopic (exact) mass is 384 g/mol. The van der Waals surface area contributed by atoms with E-state index in [0.29, 0.717) is 12.3 Å². The van der Waals surface area contributed by atoms with Crippen LogP contribution in [0.25, 0.3) is 0 Å². The van der Waals surface area contributed by atoms with Crippen LogP contribution in [0.1, 0.15) is 59.3 Å². The molecule has 8 heteroatoms. The molecule has 4 aliphatic heterocycles. The van der Waals surface area contributed by atoms with Gasteiger partial charge in [0.1, 0.15) is 0 Å². The molecule has 5 rings (SSSR count). The van der Waals surface area contributed by atoms with Gasteiger partial charge in [0.2, 0.25) is 12.1 Å². The molecule has 0 aromatic carbocycles. The van der Waals surface area contributed by atoms with Gasteiger partial charge in [-0.25, -0.2) is 9.78 Å². The van der Waals surface area contributed by atoms with Crippen LogP contribution >= 0.6 is 0 Å². The average Bonchev–Trinajstić information content (AvgIpc) is 2.84. The zero-order chi connectivity index (χ0) is 19.4. The third-order valence-corrected chi connectivity index (χ3v) is 6.89. The van der Waals surface area contributed by atoms with Gasteiger partial charge in [-0.2, -0.15) is 0 Å². The number of rotatable bonds is 4. The first-order valence-electron chi connectivity index (χ1n) is 9.86. The first-order chi connectivity index (χ1) is 12.7. The molecule has 1 saturated carbocycles. The summed E-state index contributed by atoms with van der Waals surface area (Å²) in [5.74, 6) is -1.82. The first kappa shape index (κ1) is 19.1. The summed E-state index contributed by atoms with van der Waals surface area (Å²) in [6.45, 7) is 6.06. The maximum Gasteiger partial charge on any atom is 0.308 e. The Balaban J connectivity index is 1.58. The number of carboxylic acid groups (broad SMARTS) is 1. The third kappa shape index (κ3) is 3.06. The summed E-state index contributed by atoms with van der Waals surface area (Å²) >= 11 is 0. The summed E-state index contributed by atoms with van der Waals surface area (Å²) < 4.78 is 17.8. The minimum Gasteiger partial charge on any atom is -0.481 e. The SMILES string of the molecule is C[C@@H]1CCC2[C@@H](C)[C@@H](OC(=O)CCC(=O)O)OC3OC4(C)CCC1[C@]32OO4. The van der Waals surface area contributed by atoms with Crippen molar-refractivity contribution in [1.82, 2.24) is 0 Å². The molecule has 8 nitrogen and oxygen atoms in total. The Labute approximate surface area is 158 Å². The van der Waals surface area contributed by atoms with E-state index in [1.54, 1.807) is 0 Å². The largest absolute Gasteiger partial charge is 0.481 e. The molecular formula is C19H28O8. The van der Waals surface area contributed by atoms with E-state index in [1.807, 2.05) is 13.8 Å². The molecule has 0 aromatic rings. The fourth-order valence-electron chi connectivity index (χ4n) is 5.40. The van der Waals surface area contributed by atoms with E-state index in [0.717, 1.165) is 19.3 Å². The van der Waals surface area contributed by atoms with Crippen LogP contribution in [0, 0.1) is 23.7 Å². The van der Waals surface area contributed by atoms with Crippen molar-refractivity contribution in [3.63, 3.8) is 0 Å². The lowest BCUT2D eigenvalue weighted by Crippen LogP contribution is -2.70. The van der Waals surface area contributed by atoms with E-state index in [-0.39, 0.29) is 30.6 Å². The Morgan fingerprint density at radius 2 is 1.89 bits per heavy atom.